The molecule has 1 fully saturated rings. The van der Waals surface area contributed by atoms with Crippen LogP contribution in [0, 0.1) is 5.41 Å². The molecule has 0 aromatic heterocycles. The van der Waals surface area contributed by atoms with Crippen LogP contribution >= 0.6 is 0 Å². The third-order valence-corrected chi connectivity index (χ3v) is 7.28. The molecule has 3 amide bonds. The van der Waals surface area contributed by atoms with E-state index >= 15 is 0 Å². The molecule has 10 heteroatoms. The number of carbonyl (C=O) groups is 4. The van der Waals surface area contributed by atoms with Gasteiger partial charge in [-0.1, -0.05) is 81.4 Å². The van der Waals surface area contributed by atoms with Gasteiger partial charge in [0.15, 0.2) is 0 Å². The molecule has 2 aromatic carbocycles. The number of carboxylic acids is 1. The van der Waals surface area contributed by atoms with Gasteiger partial charge in [0.25, 0.3) is 0 Å². The van der Waals surface area contributed by atoms with Gasteiger partial charge in [0, 0.05) is 13.1 Å². The molecule has 0 bridgehead atoms. The van der Waals surface area contributed by atoms with Gasteiger partial charge in [-0.15, -0.1) is 0 Å². The fourth-order valence-electron chi connectivity index (χ4n) is 5.52. The summed E-state index contributed by atoms with van der Waals surface area (Å²) in [4.78, 5) is 58.4. The number of aliphatic carboxylic acids is 1. The molecule has 0 spiro atoms. The molecule has 1 saturated heterocycles. The average Bonchev–Trinajstić information content (AvgIpc) is 3.20. The highest BCUT2D eigenvalue weighted by molar-refractivity contribution is 5.91. The Morgan fingerprint density at radius 3 is 1.58 bits per heavy atom. The first kappa shape index (κ1) is 35.6. The monoisotopic (exact) mass is 623 g/mol. The van der Waals surface area contributed by atoms with Crippen molar-refractivity contribution in [3.63, 3.8) is 0 Å². The van der Waals surface area contributed by atoms with E-state index in [-0.39, 0.29) is 18.9 Å². The van der Waals surface area contributed by atoms with Crippen molar-refractivity contribution in [1.82, 2.24) is 14.7 Å². The highest BCUT2D eigenvalue weighted by Crippen LogP contribution is 2.35. The van der Waals surface area contributed by atoms with Crippen molar-refractivity contribution in [3.05, 3.63) is 71.8 Å². The van der Waals surface area contributed by atoms with Gasteiger partial charge in [0.05, 0.1) is 18.6 Å². The minimum atomic E-state index is -1.23. The number of carbonyl (C=O) groups excluding carboxylic acids is 3. The first-order valence-corrected chi connectivity index (χ1v) is 15.4. The summed E-state index contributed by atoms with van der Waals surface area (Å²) in [5.74, 6) is -1.54. The first-order chi connectivity index (χ1) is 20.8. The van der Waals surface area contributed by atoms with E-state index in [9.17, 15) is 24.3 Å². The van der Waals surface area contributed by atoms with Gasteiger partial charge in [-0.3, -0.25) is 9.69 Å². The van der Waals surface area contributed by atoms with Crippen molar-refractivity contribution in [2.75, 3.05) is 6.54 Å². The Labute approximate surface area is 267 Å². The van der Waals surface area contributed by atoms with Crippen LogP contribution in [-0.4, -0.2) is 79.7 Å². The Hall–Kier alpha value is -3.92. The van der Waals surface area contributed by atoms with E-state index in [0.29, 0.717) is 13.1 Å². The summed E-state index contributed by atoms with van der Waals surface area (Å²) in [6.07, 6.45) is -1.68. The molecule has 1 N–H and O–H groups in total. The summed E-state index contributed by atoms with van der Waals surface area (Å²) in [6.45, 7) is 16.0. The normalized spacial score (nSPS) is 18.1. The van der Waals surface area contributed by atoms with Gasteiger partial charge in [0.2, 0.25) is 5.91 Å². The Morgan fingerprint density at radius 2 is 1.22 bits per heavy atom. The Bertz CT molecular complexity index is 1260. The maximum absolute atomic E-state index is 14.5. The number of carboxylic acid groups (broad SMARTS) is 1. The number of ether oxygens (including phenoxy) is 2. The van der Waals surface area contributed by atoms with Crippen molar-refractivity contribution in [2.24, 2.45) is 5.41 Å². The largest absolute Gasteiger partial charge is 0.480 e. The van der Waals surface area contributed by atoms with E-state index in [0.717, 1.165) is 16.0 Å². The Morgan fingerprint density at radius 1 is 0.800 bits per heavy atom. The van der Waals surface area contributed by atoms with E-state index in [1.807, 2.05) is 65.6 Å². The van der Waals surface area contributed by atoms with Crippen molar-refractivity contribution < 1.29 is 33.8 Å². The number of nitrogens with zero attached hydrogens (tertiary/aromatic N) is 3. The zero-order valence-corrected chi connectivity index (χ0v) is 28.1. The van der Waals surface area contributed by atoms with Gasteiger partial charge in [-0.2, -0.15) is 0 Å². The molecule has 0 aliphatic carbocycles. The number of rotatable bonds is 9. The van der Waals surface area contributed by atoms with Crippen LogP contribution in [0.4, 0.5) is 9.59 Å². The molecule has 3 rings (SSSR count). The number of hydrogen-bond donors (Lipinski definition) is 1. The maximum Gasteiger partial charge on any atom is 0.419 e. The van der Waals surface area contributed by atoms with E-state index in [4.69, 9.17) is 9.47 Å². The molecule has 246 valence electrons. The van der Waals surface area contributed by atoms with Crippen LogP contribution < -0.4 is 0 Å². The molecule has 3 atom stereocenters. The van der Waals surface area contributed by atoms with E-state index in [1.165, 1.54) is 4.90 Å². The van der Waals surface area contributed by atoms with Crippen molar-refractivity contribution in [1.29, 1.82) is 0 Å². The summed E-state index contributed by atoms with van der Waals surface area (Å²) in [5.41, 5.74) is -0.706. The van der Waals surface area contributed by atoms with Crippen molar-refractivity contribution in [2.45, 2.75) is 111 Å². The molecule has 0 radical (unpaired) electrons. The average molecular weight is 624 g/mol. The number of imide groups is 1. The van der Waals surface area contributed by atoms with Crippen LogP contribution in [0.25, 0.3) is 0 Å². The Kier molecular flexibility index (Phi) is 11.1. The molecule has 45 heavy (non-hydrogen) atoms. The summed E-state index contributed by atoms with van der Waals surface area (Å²) in [7, 11) is 0. The molecule has 10 nitrogen and oxygen atoms in total. The highest BCUT2D eigenvalue weighted by atomic mass is 16.6. The predicted octanol–water partition coefficient (Wildman–Crippen LogP) is 6.33. The van der Waals surface area contributed by atoms with Crippen LogP contribution in [0.1, 0.15) is 79.9 Å². The van der Waals surface area contributed by atoms with Gasteiger partial charge in [0.1, 0.15) is 17.2 Å². The molecule has 0 saturated carbocycles. The second kappa shape index (κ2) is 14.0. The lowest BCUT2D eigenvalue weighted by Gasteiger charge is -2.39. The minimum absolute atomic E-state index is 0.181. The quantitative estimate of drug-likeness (QED) is 0.345. The van der Waals surface area contributed by atoms with Gasteiger partial charge < -0.3 is 19.5 Å². The molecule has 1 aliphatic rings. The maximum atomic E-state index is 14.5. The first-order valence-electron chi connectivity index (χ1n) is 15.4. The molecule has 1 unspecified atom stereocenters. The fourth-order valence-corrected chi connectivity index (χ4v) is 5.52. The summed E-state index contributed by atoms with van der Waals surface area (Å²) in [6, 6.07) is 16.7. The van der Waals surface area contributed by atoms with Gasteiger partial charge in [-0.25, -0.2) is 19.3 Å². The SMILES string of the molecule is CC(C)(C)OC(=O)N(C[C@@H]1C[C@@H](N(Cc2ccccc2)Cc2ccccc2)C(=O)N1C(C(=O)O)C(C)(C)C)C(=O)OC(C)(C)C. The summed E-state index contributed by atoms with van der Waals surface area (Å²) in [5, 5.41) is 10.5. The summed E-state index contributed by atoms with van der Waals surface area (Å²) < 4.78 is 11.1. The van der Waals surface area contributed by atoms with E-state index < -0.39 is 52.9 Å². The molecule has 1 aliphatic heterocycles. The Balaban J connectivity index is 2.10. The zero-order chi connectivity index (χ0) is 33.7. The topological polar surface area (TPSA) is 117 Å². The van der Waals surface area contributed by atoms with Crippen LogP contribution in [0.5, 0.6) is 0 Å². The van der Waals surface area contributed by atoms with Gasteiger partial charge >= 0.3 is 18.2 Å². The van der Waals surface area contributed by atoms with Crippen LogP contribution in [0.2, 0.25) is 0 Å². The standard InChI is InChI=1S/C35H49N3O7/c1-33(2,3)28(30(40)41)38-26(23-37(31(42)44-34(4,5)6)32(43)45-35(7,8)9)20-27(29(38)39)36(21-24-16-12-10-13-17-24)22-25-18-14-11-15-19-25/h10-19,26-28H,20-23H2,1-9H3,(H,40,41)/t26-,27+,28?/m0/s1. The summed E-state index contributed by atoms with van der Waals surface area (Å²) >= 11 is 0. The molecule has 2 aromatic rings. The number of likely N-dealkylation sites (tertiary alicyclic amines) is 1. The van der Waals surface area contributed by atoms with E-state index in [2.05, 4.69) is 0 Å². The number of benzene rings is 2. The third kappa shape index (κ3) is 10.0. The number of hydrogen-bond acceptors (Lipinski definition) is 7. The lowest BCUT2D eigenvalue weighted by atomic mass is 9.85. The number of amides is 3. The van der Waals surface area contributed by atoms with Crippen molar-refractivity contribution >= 4 is 24.1 Å². The molecule has 1 heterocycles. The molecular weight excluding hydrogens is 574 g/mol. The second-order valence-electron chi connectivity index (χ2n) is 14.7. The highest BCUT2D eigenvalue weighted by Gasteiger charge is 2.52. The van der Waals surface area contributed by atoms with Crippen LogP contribution in [-0.2, 0) is 32.2 Å². The zero-order valence-electron chi connectivity index (χ0n) is 28.1. The smallest absolute Gasteiger partial charge is 0.419 e. The fraction of sp³-hybridized carbons (Fsp3) is 0.543. The lowest BCUT2D eigenvalue weighted by molar-refractivity contribution is -0.156. The third-order valence-electron chi connectivity index (χ3n) is 7.28. The lowest BCUT2D eigenvalue weighted by Crippen LogP contribution is -2.57. The van der Waals surface area contributed by atoms with Gasteiger partial charge in [-0.05, 0) is 64.5 Å². The van der Waals surface area contributed by atoms with Crippen LogP contribution in [0.15, 0.2) is 60.7 Å². The minimum Gasteiger partial charge on any atom is -0.480 e. The second-order valence-corrected chi connectivity index (χ2v) is 14.7. The van der Waals surface area contributed by atoms with E-state index in [1.54, 1.807) is 62.3 Å². The molecular formula is C35H49N3O7. The van der Waals surface area contributed by atoms with Crippen molar-refractivity contribution in [3.8, 4) is 0 Å². The predicted molar refractivity (Wildman–Crippen MR) is 171 cm³/mol. The van der Waals surface area contributed by atoms with Crippen LogP contribution in [0.3, 0.4) is 0 Å².